The standard InChI is InChI=1S/C12H24N2O2/c1-10(2)12(15)14(7-8-16-3)9-11-5-4-6-13-11/h10-11,13H,4-9H2,1-3H3. The highest BCUT2D eigenvalue weighted by molar-refractivity contribution is 5.78. The smallest absolute Gasteiger partial charge is 0.225 e. The lowest BCUT2D eigenvalue weighted by molar-refractivity contribution is -0.135. The lowest BCUT2D eigenvalue weighted by atomic mass is 10.1. The zero-order valence-electron chi connectivity index (χ0n) is 10.7. The molecule has 1 aliphatic heterocycles. The van der Waals surface area contributed by atoms with Gasteiger partial charge in [0.2, 0.25) is 5.91 Å². The van der Waals surface area contributed by atoms with Crippen LogP contribution in [0.15, 0.2) is 0 Å². The highest BCUT2D eigenvalue weighted by Gasteiger charge is 2.22. The Bertz CT molecular complexity index is 213. The second-order valence-electron chi connectivity index (χ2n) is 4.73. The zero-order valence-corrected chi connectivity index (χ0v) is 10.7. The topological polar surface area (TPSA) is 41.6 Å². The number of methoxy groups -OCH3 is 1. The lowest BCUT2D eigenvalue weighted by Gasteiger charge is -2.27. The van der Waals surface area contributed by atoms with Crippen molar-refractivity contribution < 1.29 is 9.53 Å². The van der Waals surface area contributed by atoms with Crippen molar-refractivity contribution in [3.63, 3.8) is 0 Å². The van der Waals surface area contributed by atoms with Crippen LogP contribution in [0.3, 0.4) is 0 Å². The molecule has 1 amide bonds. The van der Waals surface area contributed by atoms with Crippen LogP contribution in [0.4, 0.5) is 0 Å². The summed E-state index contributed by atoms with van der Waals surface area (Å²) >= 11 is 0. The second kappa shape index (κ2) is 6.86. The van der Waals surface area contributed by atoms with Crippen LogP contribution in [-0.2, 0) is 9.53 Å². The summed E-state index contributed by atoms with van der Waals surface area (Å²) in [6.45, 7) is 7.12. The van der Waals surface area contributed by atoms with Crippen LogP contribution in [0.1, 0.15) is 26.7 Å². The largest absolute Gasteiger partial charge is 0.383 e. The summed E-state index contributed by atoms with van der Waals surface area (Å²) in [6.07, 6.45) is 2.40. The fraction of sp³-hybridized carbons (Fsp3) is 0.917. The van der Waals surface area contributed by atoms with Gasteiger partial charge in [0.1, 0.15) is 0 Å². The van der Waals surface area contributed by atoms with E-state index in [1.54, 1.807) is 7.11 Å². The number of hydrogen-bond acceptors (Lipinski definition) is 3. The van der Waals surface area contributed by atoms with Crippen LogP contribution in [-0.4, -0.2) is 50.2 Å². The molecule has 0 saturated carbocycles. The Morgan fingerprint density at radius 2 is 2.31 bits per heavy atom. The highest BCUT2D eigenvalue weighted by atomic mass is 16.5. The molecular weight excluding hydrogens is 204 g/mol. The molecule has 16 heavy (non-hydrogen) atoms. The van der Waals surface area contributed by atoms with E-state index in [1.807, 2.05) is 18.7 Å². The molecule has 1 rings (SSSR count). The molecule has 1 aliphatic rings. The maximum Gasteiger partial charge on any atom is 0.225 e. The Hall–Kier alpha value is -0.610. The lowest BCUT2D eigenvalue weighted by Crippen LogP contribution is -2.44. The van der Waals surface area contributed by atoms with Crippen molar-refractivity contribution in [1.29, 1.82) is 0 Å². The number of nitrogens with zero attached hydrogens (tertiary/aromatic N) is 1. The predicted octanol–water partition coefficient (Wildman–Crippen LogP) is 0.869. The van der Waals surface area contributed by atoms with E-state index in [4.69, 9.17) is 4.74 Å². The van der Waals surface area contributed by atoms with Gasteiger partial charge in [0.05, 0.1) is 6.61 Å². The second-order valence-corrected chi connectivity index (χ2v) is 4.73. The monoisotopic (exact) mass is 228 g/mol. The van der Waals surface area contributed by atoms with Crippen molar-refractivity contribution in [1.82, 2.24) is 10.2 Å². The summed E-state index contributed by atoms with van der Waals surface area (Å²) < 4.78 is 5.05. The third-order valence-corrected chi connectivity index (χ3v) is 2.97. The SMILES string of the molecule is COCCN(CC1CCCN1)C(=O)C(C)C. The van der Waals surface area contributed by atoms with Crippen molar-refractivity contribution >= 4 is 5.91 Å². The molecule has 0 radical (unpaired) electrons. The Morgan fingerprint density at radius 3 is 2.81 bits per heavy atom. The average Bonchev–Trinajstić information content (AvgIpc) is 2.75. The maximum absolute atomic E-state index is 12.0. The molecular formula is C12H24N2O2. The normalized spacial score (nSPS) is 20.4. The molecule has 0 aromatic heterocycles. The van der Waals surface area contributed by atoms with E-state index in [0.717, 1.165) is 13.1 Å². The van der Waals surface area contributed by atoms with E-state index in [2.05, 4.69) is 5.32 Å². The number of ether oxygens (including phenoxy) is 1. The Balaban J connectivity index is 2.44. The van der Waals surface area contributed by atoms with Crippen molar-refractivity contribution in [2.24, 2.45) is 5.92 Å². The molecule has 0 spiro atoms. The number of amides is 1. The first kappa shape index (κ1) is 13.5. The fourth-order valence-corrected chi connectivity index (χ4v) is 2.04. The first-order valence-electron chi connectivity index (χ1n) is 6.16. The summed E-state index contributed by atoms with van der Waals surface area (Å²) in [5.74, 6) is 0.295. The van der Waals surface area contributed by atoms with Gasteiger partial charge in [0.25, 0.3) is 0 Å². The molecule has 0 aromatic carbocycles. The molecule has 4 nitrogen and oxygen atoms in total. The van der Waals surface area contributed by atoms with Gasteiger partial charge in [0, 0.05) is 32.2 Å². The summed E-state index contributed by atoms with van der Waals surface area (Å²) in [4.78, 5) is 13.9. The van der Waals surface area contributed by atoms with Crippen molar-refractivity contribution in [3.8, 4) is 0 Å². The first-order chi connectivity index (χ1) is 7.65. The molecule has 1 heterocycles. The van der Waals surface area contributed by atoms with Gasteiger partial charge in [-0.2, -0.15) is 0 Å². The average molecular weight is 228 g/mol. The van der Waals surface area contributed by atoms with Gasteiger partial charge in [-0.1, -0.05) is 13.8 Å². The number of rotatable bonds is 6. The summed E-state index contributed by atoms with van der Waals surface area (Å²) in [5.41, 5.74) is 0. The third kappa shape index (κ3) is 4.10. The summed E-state index contributed by atoms with van der Waals surface area (Å²) in [5, 5.41) is 3.42. The third-order valence-electron chi connectivity index (χ3n) is 2.97. The Labute approximate surface area is 98.3 Å². The van der Waals surface area contributed by atoms with Crippen molar-refractivity contribution in [2.75, 3.05) is 33.4 Å². The van der Waals surface area contributed by atoms with E-state index in [1.165, 1.54) is 12.8 Å². The molecule has 1 atom stereocenters. The molecule has 4 heteroatoms. The van der Waals surface area contributed by atoms with Gasteiger partial charge in [-0.15, -0.1) is 0 Å². The molecule has 94 valence electrons. The van der Waals surface area contributed by atoms with Crippen LogP contribution in [0.2, 0.25) is 0 Å². The van der Waals surface area contributed by atoms with Gasteiger partial charge >= 0.3 is 0 Å². The molecule has 1 saturated heterocycles. The minimum atomic E-state index is 0.0678. The van der Waals surface area contributed by atoms with Crippen LogP contribution in [0, 0.1) is 5.92 Å². The minimum absolute atomic E-state index is 0.0678. The Kier molecular flexibility index (Phi) is 5.77. The van der Waals surface area contributed by atoms with E-state index < -0.39 is 0 Å². The number of nitrogens with one attached hydrogen (secondary N) is 1. The predicted molar refractivity (Wildman–Crippen MR) is 64.3 cm³/mol. The Morgan fingerprint density at radius 1 is 1.56 bits per heavy atom. The van der Waals surface area contributed by atoms with Gasteiger partial charge < -0.3 is 15.0 Å². The van der Waals surface area contributed by atoms with Gasteiger partial charge in [-0.05, 0) is 19.4 Å². The summed E-state index contributed by atoms with van der Waals surface area (Å²) in [7, 11) is 1.67. The number of hydrogen-bond donors (Lipinski definition) is 1. The minimum Gasteiger partial charge on any atom is -0.383 e. The van der Waals surface area contributed by atoms with Crippen LogP contribution in [0.25, 0.3) is 0 Å². The highest BCUT2D eigenvalue weighted by Crippen LogP contribution is 2.09. The first-order valence-corrected chi connectivity index (χ1v) is 6.16. The number of carbonyl (C=O) groups excluding carboxylic acids is 1. The van der Waals surface area contributed by atoms with Gasteiger partial charge in [-0.25, -0.2) is 0 Å². The fourth-order valence-electron chi connectivity index (χ4n) is 2.04. The van der Waals surface area contributed by atoms with Crippen LogP contribution < -0.4 is 5.32 Å². The van der Waals surface area contributed by atoms with Crippen LogP contribution >= 0.6 is 0 Å². The zero-order chi connectivity index (χ0) is 12.0. The molecule has 0 aromatic rings. The molecule has 1 unspecified atom stereocenters. The molecule has 1 fully saturated rings. The maximum atomic E-state index is 12.0. The molecule has 1 N–H and O–H groups in total. The van der Waals surface area contributed by atoms with Crippen molar-refractivity contribution in [3.05, 3.63) is 0 Å². The van der Waals surface area contributed by atoms with E-state index in [0.29, 0.717) is 19.2 Å². The van der Waals surface area contributed by atoms with E-state index >= 15 is 0 Å². The number of carbonyl (C=O) groups is 1. The van der Waals surface area contributed by atoms with Crippen molar-refractivity contribution in [2.45, 2.75) is 32.7 Å². The van der Waals surface area contributed by atoms with E-state index in [9.17, 15) is 4.79 Å². The summed E-state index contributed by atoms with van der Waals surface area (Å²) in [6, 6.07) is 0.472. The van der Waals surface area contributed by atoms with Gasteiger partial charge in [-0.3, -0.25) is 4.79 Å². The molecule has 0 bridgehead atoms. The molecule has 0 aliphatic carbocycles. The van der Waals surface area contributed by atoms with Crippen LogP contribution in [0.5, 0.6) is 0 Å². The van der Waals surface area contributed by atoms with Gasteiger partial charge in [0.15, 0.2) is 0 Å². The quantitative estimate of drug-likeness (QED) is 0.733. The van der Waals surface area contributed by atoms with E-state index in [-0.39, 0.29) is 11.8 Å².